The van der Waals surface area contributed by atoms with Gasteiger partial charge in [-0.15, -0.1) is 6.58 Å². The Morgan fingerprint density at radius 3 is 2.71 bits per heavy atom. The molecule has 1 nitrogen and oxygen atoms in total. The second-order valence-electron chi connectivity index (χ2n) is 2.84. The van der Waals surface area contributed by atoms with Crippen molar-refractivity contribution in [3.63, 3.8) is 0 Å². The third-order valence-electron chi connectivity index (χ3n) is 1.74. The zero-order chi connectivity index (χ0) is 10.4. The van der Waals surface area contributed by atoms with Gasteiger partial charge in [0.15, 0.2) is 0 Å². The van der Waals surface area contributed by atoms with Crippen LogP contribution in [-0.4, -0.2) is 6.61 Å². The van der Waals surface area contributed by atoms with E-state index in [1.807, 2.05) is 24.3 Å². The lowest BCUT2D eigenvalue weighted by Gasteiger charge is -2.08. The van der Waals surface area contributed by atoms with Gasteiger partial charge in [-0.2, -0.15) is 0 Å². The zero-order valence-electron chi connectivity index (χ0n) is 8.00. The van der Waals surface area contributed by atoms with Crippen molar-refractivity contribution in [2.75, 3.05) is 6.61 Å². The van der Waals surface area contributed by atoms with Crippen molar-refractivity contribution in [1.29, 1.82) is 0 Å². The molecule has 0 bridgehead atoms. The van der Waals surface area contributed by atoms with Crippen molar-refractivity contribution in [2.24, 2.45) is 0 Å². The summed E-state index contributed by atoms with van der Waals surface area (Å²) in [5, 5.41) is 0.716. The molecule has 0 saturated carbocycles. The summed E-state index contributed by atoms with van der Waals surface area (Å²) < 4.78 is 5.47. The highest BCUT2D eigenvalue weighted by atomic mass is 35.5. The maximum Gasteiger partial charge on any atom is 0.123 e. The molecule has 0 aromatic heterocycles. The molecule has 0 unspecified atom stereocenters. The molecule has 74 valence electrons. The van der Waals surface area contributed by atoms with Crippen LogP contribution in [0, 0.1) is 0 Å². The Kier molecular flexibility index (Phi) is 4.27. The Hall–Kier alpha value is -1.21. The van der Waals surface area contributed by atoms with Crippen molar-refractivity contribution < 1.29 is 4.74 Å². The molecular formula is C12H13ClO. The summed E-state index contributed by atoms with van der Waals surface area (Å²) in [5.41, 5.74) is 1.05. The lowest BCUT2D eigenvalue weighted by Crippen LogP contribution is -1.96. The first-order valence-corrected chi connectivity index (χ1v) is 4.78. The van der Waals surface area contributed by atoms with E-state index in [9.17, 15) is 0 Å². The Morgan fingerprint density at radius 1 is 1.29 bits per heavy atom. The minimum absolute atomic E-state index is 0.506. The Bertz CT molecular complexity index is 331. The molecule has 0 spiro atoms. The highest BCUT2D eigenvalue weighted by molar-refractivity contribution is 6.30. The first kappa shape index (κ1) is 10.9. The second kappa shape index (κ2) is 5.51. The van der Waals surface area contributed by atoms with Crippen molar-refractivity contribution in [2.45, 2.75) is 6.42 Å². The van der Waals surface area contributed by atoms with E-state index in [2.05, 4.69) is 13.2 Å². The Labute approximate surface area is 89.7 Å². The normalized spacial score (nSPS) is 9.50. The summed E-state index contributed by atoms with van der Waals surface area (Å²) in [6.45, 7) is 7.79. The van der Waals surface area contributed by atoms with Gasteiger partial charge < -0.3 is 4.74 Å². The van der Waals surface area contributed by atoms with Gasteiger partial charge in [0.2, 0.25) is 0 Å². The lowest BCUT2D eigenvalue weighted by molar-refractivity contribution is 0.360. The summed E-state index contributed by atoms with van der Waals surface area (Å²) >= 11 is 5.88. The molecule has 14 heavy (non-hydrogen) atoms. The highest BCUT2D eigenvalue weighted by Crippen LogP contribution is 2.23. The van der Waals surface area contributed by atoms with Crippen LogP contribution in [-0.2, 0) is 6.42 Å². The van der Waals surface area contributed by atoms with Crippen LogP contribution >= 0.6 is 11.6 Å². The Morgan fingerprint density at radius 2 is 2.07 bits per heavy atom. The number of ether oxygens (including phenoxy) is 1. The molecule has 0 heterocycles. The van der Waals surface area contributed by atoms with Gasteiger partial charge >= 0.3 is 0 Å². The predicted molar refractivity (Wildman–Crippen MR) is 61.0 cm³/mol. The van der Waals surface area contributed by atoms with Crippen LogP contribution in [0.2, 0.25) is 5.02 Å². The largest absolute Gasteiger partial charge is 0.489 e. The van der Waals surface area contributed by atoms with Gasteiger partial charge in [0.05, 0.1) is 0 Å². The number of hydrogen-bond acceptors (Lipinski definition) is 1. The van der Waals surface area contributed by atoms with E-state index in [-0.39, 0.29) is 0 Å². The standard InChI is InChI=1S/C12H13ClO/c1-3-5-10-9-11(13)6-7-12(10)14-8-4-2/h3-4,6-7,9H,1-2,5,8H2. The fourth-order valence-electron chi connectivity index (χ4n) is 1.15. The van der Waals surface area contributed by atoms with Gasteiger partial charge in [-0.25, -0.2) is 0 Å². The third-order valence-corrected chi connectivity index (χ3v) is 1.98. The molecule has 0 saturated heterocycles. The molecule has 0 amide bonds. The fraction of sp³-hybridized carbons (Fsp3) is 0.167. The molecular weight excluding hydrogens is 196 g/mol. The van der Waals surface area contributed by atoms with E-state index in [0.29, 0.717) is 11.6 Å². The summed E-state index contributed by atoms with van der Waals surface area (Å²) in [6, 6.07) is 5.57. The van der Waals surface area contributed by atoms with Crippen molar-refractivity contribution in [3.05, 3.63) is 54.1 Å². The number of halogens is 1. The fourth-order valence-corrected chi connectivity index (χ4v) is 1.35. The van der Waals surface area contributed by atoms with Gasteiger partial charge in [-0.1, -0.05) is 30.3 Å². The van der Waals surface area contributed by atoms with Crippen LogP contribution in [0.1, 0.15) is 5.56 Å². The average molecular weight is 209 g/mol. The van der Waals surface area contributed by atoms with Crippen LogP contribution < -0.4 is 4.74 Å². The average Bonchev–Trinajstić information content (AvgIpc) is 2.17. The first-order chi connectivity index (χ1) is 6.77. The van der Waals surface area contributed by atoms with E-state index in [0.717, 1.165) is 17.7 Å². The maximum absolute atomic E-state index is 5.88. The molecule has 0 aliphatic heterocycles. The molecule has 1 aromatic carbocycles. The minimum Gasteiger partial charge on any atom is -0.489 e. The SMILES string of the molecule is C=CCOc1ccc(Cl)cc1CC=C. The lowest BCUT2D eigenvalue weighted by atomic mass is 10.1. The molecule has 0 N–H and O–H groups in total. The van der Waals surface area contributed by atoms with E-state index >= 15 is 0 Å². The van der Waals surface area contributed by atoms with Gasteiger partial charge in [-0.05, 0) is 30.2 Å². The van der Waals surface area contributed by atoms with E-state index in [1.54, 1.807) is 6.08 Å². The second-order valence-corrected chi connectivity index (χ2v) is 3.28. The van der Waals surface area contributed by atoms with Crippen molar-refractivity contribution in [3.8, 4) is 5.75 Å². The molecule has 0 fully saturated rings. The molecule has 0 aliphatic rings. The highest BCUT2D eigenvalue weighted by Gasteiger charge is 2.02. The summed E-state index contributed by atoms with van der Waals surface area (Å²) in [6.07, 6.45) is 4.30. The number of benzene rings is 1. The molecule has 1 rings (SSSR count). The molecule has 1 aromatic rings. The first-order valence-electron chi connectivity index (χ1n) is 4.41. The zero-order valence-corrected chi connectivity index (χ0v) is 8.76. The summed E-state index contributed by atoms with van der Waals surface area (Å²) in [4.78, 5) is 0. The number of rotatable bonds is 5. The van der Waals surface area contributed by atoms with Gasteiger partial charge in [0, 0.05) is 5.02 Å². The molecule has 0 aliphatic carbocycles. The van der Waals surface area contributed by atoms with Crippen LogP contribution in [0.4, 0.5) is 0 Å². The third kappa shape index (κ3) is 2.93. The molecule has 2 heteroatoms. The molecule has 0 radical (unpaired) electrons. The van der Waals surface area contributed by atoms with Crippen LogP contribution in [0.3, 0.4) is 0 Å². The van der Waals surface area contributed by atoms with Crippen LogP contribution in [0.25, 0.3) is 0 Å². The molecule has 0 atom stereocenters. The predicted octanol–water partition coefficient (Wildman–Crippen LogP) is 3.63. The summed E-state index contributed by atoms with van der Waals surface area (Å²) in [7, 11) is 0. The number of allylic oxidation sites excluding steroid dienone is 1. The maximum atomic E-state index is 5.88. The topological polar surface area (TPSA) is 9.23 Å². The van der Waals surface area contributed by atoms with Crippen LogP contribution in [0.15, 0.2) is 43.5 Å². The number of hydrogen-bond donors (Lipinski definition) is 0. The van der Waals surface area contributed by atoms with Gasteiger partial charge in [-0.3, -0.25) is 0 Å². The Balaban J connectivity index is 2.88. The van der Waals surface area contributed by atoms with Crippen LogP contribution in [0.5, 0.6) is 5.75 Å². The van der Waals surface area contributed by atoms with E-state index in [1.165, 1.54) is 0 Å². The monoisotopic (exact) mass is 208 g/mol. The minimum atomic E-state index is 0.506. The quantitative estimate of drug-likeness (QED) is 0.672. The van der Waals surface area contributed by atoms with E-state index < -0.39 is 0 Å². The summed E-state index contributed by atoms with van der Waals surface area (Å²) in [5.74, 6) is 0.842. The van der Waals surface area contributed by atoms with Gasteiger partial charge in [0.25, 0.3) is 0 Å². The smallest absolute Gasteiger partial charge is 0.123 e. The van der Waals surface area contributed by atoms with Crippen molar-refractivity contribution in [1.82, 2.24) is 0 Å². The van der Waals surface area contributed by atoms with Gasteiger partial charge in [0.1, 0.15) is 12.4 Å². The van der Waals surface area contributed by atoms with Crippen molar-refractivity contribution >= 4 is 11.6 Å². The van der Waals surface area contributed by atoms with E-state index in [4.69, 9.17) is 16.3 Å².